The summed E-state index contributed by atoms with van der Waals surface area (Å²) in [7, 11) is 0. The second-order valence-electron chi connectivity index (χ2n) is 5.42. The van der Waals surface area contributed by atoms with E-state index in [1.807, 2.05) is 0 Å². The molecule has 0 heterocycles. The van der Waals surface area contributed by atoms with Crippen LogP contribution in [0.25, 0.3) is 0 Å². The van der Waals surface area contributed by atoms with Crippen LogP contribution in [0.15, 0.2) is 0 Å². The minimum atomic E-state index is -0.745. The van der Waals surface area contributed by atoms with Crippen molar-refractivity contribution in [3.8, 4) is 0 Å². The fourth-order valence-electron chi connectivity index (χ4n) is 1.58. The first kappa shape index (κ1) is 30.3. The van der Waals surface area contributed by atoms with Crippen molar-refractivity contribution < 1.29 is 46.0 Å². The Morgan fingerprint density at radius 1 is 0.500 bits per heavy atom. The van der Waals surface area contributed by atoms with E-state index in [4.69, 9.17) is 46.0 Å². The van der Waals surface area contributed by atoms with E-state index >= 15 is 0 Å². The Balaban J connectivity index is -0.000000310. The minimum absolute atomic E-state index is 0.0677. The zero-order valence-corrected chi connectivity index (χ0v) is 15.5. The van der Waals surface area contributed by atoms with Crippen LogP contribution in [0.2, 0.25) is 0 Å². The largest absolute Gasteiger partial charge is 0.396 e. The normalized spacial score (nSPS) is 12.7. The van der Waals surface area contributed by atoms with Crippen molar-refractivity contribution in [3.05, 3.63) is 0 Å². The molecule has 0 aromatic rings. The van der Waals surface area contributed by atoms with Crippen LogP contribution in [-0.4, -0.2) is 129 Å². The monoisotopic (exact) mass is 389 g/mol. The smallest absolute Gasteiger partial charge is 0.0792 e. The average molecular weight is 389 g/mol. The van der Waals surface area contributed by atoms with Crippen LogP contribution in [0.4, 0.5) is 0 Å². The first-order valence-electron chi connectivity index (χ1n) is 8.81. The lowest BCUT2D eigenvalue weighted by molar-refractivity contribution is 0.0721. The van der Waals surface area contributed by atoms with Gasteiger partial charge in [0.15, 0.2) is 0 Å². The Morgan fingerprint density at radius 2 is 0.923 bits per heavy atom. The van der Waals surface area contributed by atoms with Crippen LogP contribution in [0.5, 0.6) is 0 Å². The molecule has 0 amide bonds. The molecule has 0 bridgehead atoms. The molecule has 10 heteroatoms. The van der Waals surface area contributed by atoms with E-state index in [0.29, 0.717) is 32.5 Å². The number of rotatable bonds is 14. The van der Waals surface area contributed by atoms with Crippen LogP contribution in [0, 0.1) is 0 Å². The van der Waals surface area contributed by atoms with E-state index in [2.05, 4.69) is 0 Å². The zero-order chi connectivity index (χ0) is 20.6. The van der Waals surface area contributed by atoms with Gasteiger partial charge in [-0.1, -0.05) is 0 Å². The van der Waals surface area contributed by atoms with Gasteiger partial charge in [0.1, 0.15) is 0 Å². The van der Waals surface area contributed by atoms with Gasteiger partial charge in [0.2, 0.25) is 0 Å². The maximum atomic E-state index is 8.75. The van der Waals surface area contributed by atoms with Gasteiger partial charge in [-0.3, -0.25) is 4.90 Å². The molecule has 10 nitrogen and oxygen atoms in total. The molecular weight excluding hydrogens is 350 g/mol. The van der Waals surface area contributed by atoms with Gasteiger partial charge in [0.25, 0.3) is 0 Å². The van der Waals surface area contributed by atoms with Crippen molar-refractivity contribution in [2.45, 2.75) is 37.9 Å². The molecule has 2 atom stereocenters. The van der Waals surface area contributed by atoms with Crippen LogP contribution >= 0.6 is 0 Å². The lowest BCUT2D eigenvalue weighted by atomic mass is 10.2. The molecule has 0 rings (SSSR count). The van der Waals surface area contributed by atoms with Crippen molar-refractivity contribution in [1.29, 1.82) is 0 Å². The molecule has 0 aliphatic carbocycles. The quantitative estimate of drug-likeness (QED) is 0.135. The number of unbranched alkanes of at least 4 members (excludes halogenated alkanes) is 1. The number of aliphatic hydroxyl groups excluding tert-OH is 9. The number of hydrogen-bond donors (Lipinski definition) is 9. The fraction of sp³-hybridized carbons (Fsp3) is 1.00. The molecule has 162 valence electrons. The zero-order valence-electron chi connectivity index (χ0n) is 15.5. The molecule has 26 heavy (non-hydrogen) atoms. The van der Waals surface area contributed by atoms with Crippen LogP contribution < -0.4 is 0 Å². The summed E-state index contributed by atoms with van der Waals surface area (Å²) in [5.41, 5.74) is 0. The number of hydrogen-bond acceptors (Lipinski definition) is 10. The van der Waals surface area contributed by atoms with Gasteiger partial charge in [-0.05, 0) is 25.7 Å². The maximum absolute atomic E-state index is 8.75. The Kier molecular flexibility index (Phi) is 31.3. The SMILES string of the molecule is OCCC(O)CO.OCCCCC(O)CO.OCCN(CCO)CCO. The summed E-state index contributed by atoms with van der Waals surface area (Å²) in [5, 5.41) is 75.5. The molecule has 0 aromatic carbocycles. The van der Waals surface area contributed by atoms with Crippen LogP contribution in [-0.2, 0) is 0 Å². The maximum Gasteiger partial charge on any atom is 0.0792 e. The summed E-state index contributed by atoms with van der Waals surface area (Å²) in [6.07, 6.45) is 0.976. The molecule has 0 aliphatic heterocycles. The second-order valence-corrected chi connectivity index (χ2v) is 5.42. The van der Waals surface area contributed by atoms with Gasteiger partial charge in [-0.15, -0.1) is 0 Å². The highest BCUT2D eigenvalue weighted by atomic mass is 16.3. The molecule has 2 unspecified atom stereocenters. The third-order valence-electron chi connectivity index (χ3n) is 3.08. The predicted molar refractivity (Wildman–Crippen MR) is 96.5 cm³/mol. The Morgan fingerprint density at radius 3 is 1.19 bits per heavy atom. The van der Waals surface area contributed by atoms with E-state index in [1.165, 1.54) is 0 Å². The first-order chi connectivity index (χ1) is 12.5. The van der Waals surface area contributed by atoms with E-state index in [-0.39, 0.29) is 52.7 Å². The highest BCUT2D eigenvalue weighted by Crippen LogP contribution is 1.98. The topological polar surface area (TPSA) is 185 Å². The Labute approximate surface area is 155 Å². The van der Waals surface area contributed by atoms with E-state index in [1.54, 1.807) is 4.90 Å². The molecule has 0 saturated carbocycles. The minimum Gasteiger partial charge on any atom is -0.396 e. The van der Waals surface area contributed by atoms with Gasteiger partial charge in [0.05, 0.1) is 45.2 Å². The van der Waals surface area contributed by atoms with Gasteiger partial charge >= 0.3 is 0 Å². The van der Waals surface area contributed by atoms with Crippen molar-refractivity contribution in [2.24, 2.45) is 0 Å². The molecule has 0 aromatic heterocycles. The molecule has 0 spiro atoms. The summed E-state index contributed by atoms with van der Waals surface area (Å²) < 4.78 is 0. The van der Waals surface area contributed by atoms with Crippen molar-refractivity contribution in [1.82, 2.24) is 4.90 Å². The van der Waals surface area contributed by atoms with Gasteiger partial charge < -0.3 is 46.0 Å². The van der Waals surface area contributed by atoms with E-state index in [0.717, 1.165) is 6.42 Å². The summed E-state index contributed by atoms with van der Waals surface area (Å²) in [5.74, 6) is 0. The third-order valence-corrected chi connectivity index (χ3v) is 3.08. The lowest BCUT2D eigenvalue weighted by Crippen LogP contribution is -2.32. The lowest BCUT2D eigenvalue weighted by Gasteiger charge is -2.17. The number of nitrogens with zero attached hydrogens (tertiary/aromatic N) is 1. The van der Waals surface area contributed by atoms with Gasteiger partial charge in [-0.2, -0.15) is 0 Å². The summed E-state index contributed by atoms with van der Waals surface area (Å²) in [6, 6.07) is 0. The molecule has 0 saturated heterocycles. The first-order valence-corrected chi connectivity index (χ1v) is 8.81. The van der Waals surface area contributed by atoms with Crippen molar-refractivity contribution >= 4 is 0 Å². The predicted octanol–water partition coefficient (Wildman–Crippen LogP) is -3.51. The van der Waals surface area contributed by atoms with Gasteiger partial charge in [-0.25, -0.2) is 0 Å². The third kappa shape index (κ3) is 28.4. The van der Waals surface area contributed by atoms with Crippen LogP contribution in [0.3, 0.4) is 0 Å². The summed E-state index contributed by atoms with van der Waals surface area (Å²) in [6.45, 7) is 1.41. The standard InChI is InChI=1S/C6H15NO3.C6H14O3.C4H10O3/c8-4-1-7(2-5-9)3-6-10;7-4-2-1-3-6(9)5-8;5-2-1-4(7)3-6/h8-10H,1-6H2;6-9H,1-5H2;4-7H,1-3H2. The molecular formula is C16H39NO9. The van der Waals surface area contributed by atoms with E-state index in [9.17, 15) is 0 Å². The average Bonchev–Trinajstić information content (AvgIpc) is 2.63. The van der Waals surface area contributed by atoms with Crippen molar-refractivity contribution in [3.63, 3.8) is 0 Å². The van der Waals surface area contributed by atoms with Crippen LogP contribution in [0.1, 0.15) is 25.7 Å². The highest BCUT2D eigenvalue weighted by Gasteiger charge is 2.00. The van der Waals surface area contributed by atoms with E-state index < -0.39 is 12.2 Å². The second kappa shape index (κ2) is 26.8. The Hall–Kier alpha value is -0.400. The summed E-state index contributed by atoms with van der Waals surface area (Å²) >= 11 is 0. The highest BCUT2D eigenvalue weighted by molar-refractivity contribution is 4.54. The van der Waals surface area contributed by atoms with Gasteiger partial charge in [0, 0.05) is 32.8 Å². The summed E-state index contributed by atoms with van der Waals surface area (Å²) in [4.78, 5) is 1.79. The molecule has 0 aliphatic rings. The Bertz CT molecular complexity index is 224. The number of aliphatic hydroxyl groups is 9. The fourth-order valence-corrected chi connectivity index (χ4v) is 1.58. The molecule has 0 fully saturated rings. The van der Waals surface area contributed by atoms with Crippen molar-refractivity contribution in [2.75, 3.05) is 65.9 Å². The molecule has 0 radical (unpaired) electrons. The molecule has 9 N–H and O–H groups in total.